The number of amides is 1. The summed E-state index contributed by atoms with van der Waals surface area (Å²) in [5, 5.41) is 0.772. The molecule has 0 bridgehead atoms. The molecule has 1 aliphatic heterocycles. The van der Waals surface area contributed by atoms with Crippen LogP contribution in [0.4, 0.5) is 0 Å². The normalized spacial score (nSPS) is 22.5. The number of fused-ring (bicyclic) bond motifs is 1. The second kappa shape index (κ2) is 5.33. The summed E-state index contributed by atoms with van der Waals surface area (Å²) in [5.41, 5.74) is 0.879. The molecule has 0 spiro atoms. The molecule has 1 aliphatic rings. The van der Waals surface area contributed by atoms with Crippen LogP contribution in [-0.2, 0) is 4.74 Å². The van der Waals surface area contributed by atoms with Gasteiger partial charge in [-0.05, 0) is 19.9 Å². The Morgan fingerprint density at radius 1 is 1.24 bits per heavy atom. The van der Waals surface area contributed by atoms with Crippen LogP contribution in [0.15, 0.2) is 35.1 Å². The summed E-state index contributed by atoms with van der Waals surface area (Å²) in [6.45, 7) is 4.99. The Kier molecular flexibility index (Phi) is 3.51. The lowest BCUT2D eigenvalue weighted by molar-refractivity contribution is -0.0585. The number of nitrogens with one attached hydrogen (secondary N) is 1. The van der Waals surface area contributed by atoms with E-state index < -0.39 is 0 Å². The number of H-pyrrole nitrogens is 1. The number of morpholine rings is 1. The third kappa shape index (κ3) is 2.69. The summed E-state index contributed by atoms with van der Waals surface area (Å²) in [5.74, 6) is -0.112. The molecule has 1 amide bonds. The zero-order valence-corrected chi connectivity index (χ0v) is 12.1. The average molecular weight is 286 g/mol. The molecule has 0 saturated carbocycles. The van der Waals surface area contributed by atoms with Gasteiger partial charge in [0.05, 0.1) is 17.8 Å². The second-order valence-corrected chi connectivity index (χ2v) is 5.56. The molecule has 2 heterocycles. The molecule has 0 aliphatic carbocycles. The minimum atomic E-state index is -0.258. The largest absolute Gasteiger partial charge is 0.372 e. The lowest BCUT2D eigenvalue weighted by Gasteiger charge is -2.35. The van der Waals surface area contributed by atoms with Crippen LogP contribution >= 0.6 is 0 Å². The minimum Gasteiger partial charge on any atom is -0.372 e. The van der Waals surface area contributed by atoms with Gasteiger partial charge in [0.25, 0.3) is 5.91 Å². The summed E-state index contributed by atoms with van der Waals surface area (Å²) < 4.78 is 5.65. The Balaban J connectivity index is 2.03. The van der Waals surface area contributed by atoms with Crippen LogP contribution in [0.2, 0.25) is 0 Å². The smallest absolute Gasteiger partial charge is 0.254 e. The number of rotatable bonds is 1. The van der Waals surface area contributed by atoms with Crippen LogP contribution < -0.4 is 5.56 Å². The molecule has 3 rings (SSSR count). The van der Waals surface area contributed by atoms with Gasteiger partial charge in [-0.3, -0.25) is 9.59 Å². The number of hydrogen-bond donors (Lipinski definition) is 1. The van der Waals surface area contributed by atoms with Crippen molar-refractivity contribution in [2.24, 2.45) is 0 Å². The summed E-state index contributed by atoms with van der Waals surface area (Å²) in [4.78, 5) is 29.1. The molecular weight excluding hydrogens is 268 g/mol. The first-order valence-electron chi connectivity index (χ1n) is 7.11. The number of aromatic nitrogens is 1. The highest BCUT2D eigenvalue weighted by atomic mass is 16.5. The maximum atomic E-state index is 12.8. The molecule has 1 fully saturated rings. The van der Waals surface area contributed by atoms with Crippen LogP contribution in [0.3, 0.4) is 0 Å². The molecule has 1 aromatic heterocycles. The lowest BCUT2D eigenvalue weighted by atomic mass is 10.1. The van der Waals surface area contributed by atoms with Gasteiger partial charge in [0.1, 0.15) is 0 Å². The molecule has 110 valence electrons. The van der Waals surface area contributed by atoms with Gasteiger partial charge < -0.3 is 14.6 Å². The number of carbonyl (C=O) groups excluding carboxylic acids is 1. The van der Waals surface area contributed by atoms with E-state index in [4.69, 9.17) is 4.74 Å². The van der Waals surface area contributed by atoms with Gasteiger partial charge in [-0.2, -0.15) is 0 Å². The topological polar surface area (TPSA) is 62.4 Å². The Bertz CT molecular complexity index is 728. The highest BCUT2D eigenvalue weighted by molar-refractivity contribution is 6.06. The molecule has 0 radical (unpaired) electrons. The summed E-state index contributed by atoms with van der Waals surface area (Å²) >= 11 is 0. The van der Waals surface area contributed by atoms with Gasteiger partial charge in [0, 0.05) is 30.1 Å². The lowest BCUT2D eigenvalue weighted by Crippen LogP contribution is -2.48. The number of hydrogen-bond acceptors (Lipinski definition) is 3. The predicted molar refractivity (Wildman–Crippen MR) is 80.5 cm³/mol. The summed E-state index contributed by atoms with van der Waals surface area (Å²) in [6, 6.07) is 8.74. The summed E-state index contributed by atoms with van der Waals surface area (Å²) in [6.07, 6.45) is 0.0110. The standard InChI is InChI=1S/C16H18N2O3/c1-10-8-18(9-11(2)21-10)16(20)13-7-15(19)17-14-6-4-3-5-12(13)14/h3-7,10-11H,8-9H2,1-2H3,(H,17,19). The number of carbonyl (C=O) groups is 1. The monoisotopic (exact) mass is 286 g/mol. The third-order valence-electron chi connectivity index (χ3n) is 3.69. The van der Waals surface area contributed by atoms with E-state index in [1.54, 1.807) is 11.0 Å². The fraction of sp³-hybridized carbons (Fsp3) is 0.375. The van der Waals surface area contributed by atoms with Crippen molar-refractivity contribution in [1.29, 1.82) is 0 Å². The van der Waals surface area contributed by atoms with Gasteiger partial charge in [0.2, 0.25) is 5.56 Å². The number of aromatic amines is 1. The number of ether oxygens (including phenoxy) is 1. The SMILES string of the molecule is CC1CN(C(=O)c2cc(=O)[nH]c3ccccc23)CC(C)O1. The molecule has 1 saturated heterocycles. The highest BCUT2D eigenvalue weighted by Gasteiger charge is 2.27. The van der Waals surface area contributed by atoms with Crippen molar-refractivity contribution in [2.45, 2.75) is 26.1 Å². The Morgan fingerprint density at radius 3 is 2.62 bits per heavy atom. The van der Waals surface area contributed by atoms with Crippen molar-refractivity contribution in [3.63, 3.8) is 0 Å². The average Bonchev–Trinajstić information content (AvgIpc) is 2.44. The van der Waals surface area contributed by atoms with E-state index in [1.165, 1.54) is 6.07 Å². The number of para-hydroxylation sites is 1. The predicted octanol–water partition coefficient (Wildman–Crippen LogP) is 1.78. The van der Waals surface area contributed by atoms with Crippen LogP contribution in [0, 0.1) is 0 Å². The molecular formula is C16H18N2O3. The number of nitrogens with zero attached hydrogens (tertiary/aromatic N) is 1. The Labute approximate surface area is 122 Å². The van der Waals surface area contributed by atoms with Crippen molar-refractivity contribution in [3.05, 3.63) is 46.2 Å². The fourth-order valence-electron chi connectivity index (χ4n) is 2.90. The van der Waals surface area contributed by atoms with Gasteiger partial charge in [-0.25, -0.2) is 0 Å². The third-order valence-corrected chi connectivity index (χ3v) is 3.69. The van der Waals surface area contributed by atoms with Gasteiger partial charge >= 0.3 is 0 Å². The molecule has 2 aromatic rings. The zero-order valence-electron chi connectivity index (χ0n) is 12.1. The van der Waals surface area contributed by atoms with Gasteiger partial charge in [-0.1, -0.05) is 18.2 Å². The van der Waals surface area contributed by atoms with Crippen molar-refractivity contribution in [3.8, 4) is 0 Å². The van der Waals surface area contributed by atoms with Crippen molar-refractivity contribution in [1.82, 2.24) is 9.88 Å². The molecule has 5 nitrogen and oxygen atoms in total. The minimum absolute atomic E-state index is 0.00552. The molecule has 21 heavy (non-hydrogen) atoms. The maximum absolute atomic E-state index is 12.8. The molecule has 2 atom stereocenters. The van der Waals surface area contributed by atoms with Gasteiger partial charge in [0.15, 0.2) is 0 Å². The number of pyridine rings is 1. The van der Waals surface area contributed by atoms with Crippen molar-refractivity contribution < 1.29 is 9.53 Å². The fourth-order valence-corrected chi connectivity index (χ4v) is 2.90. The van der Waals surface area contributed by atoms with E-state index in [9.17, 15) is 9.59 Å². The molecule has 2 unspecified atom stereocenters. The van der Waals surface area contributed by atoms with Gasteiger partial charge in [-0.15, -0.1) is 0 Å². The van der Waals surface area contributed by atoms with E-state index in [0.29, 0.717) is 24.2 Å². The van der Waals surface area contributed by atoms with Crippen LogP contribution in [0.5, 0.6) is 0 Å². The second-order valence-electron chi connectivity index (χ2n) is 5.56. The maximum Gasteiger partial charge on any atom is 0.254 e. The van der Waals surface area contributed by atoms with Crippen molar-refractivity contribution >= 4 is 16.8 Å². The van der Waals surface area contributed by atoms with E-state index in [2.05, 4.69) is 4.98 Å². The van der Waals surface area contributed by atoms with Crippen LogP contribution in [0.1, 0.15) is 24.2 Å². The van der Waals surface area contributed by atoms with Crippen LogP contribution in [-0.4, -0.2) is 41.1 Å². The zero-order chi connectivity index (χ0) is 15.0. The molecule has 5 heteroatoms. The first-order chi connectivity index (χ1) is 10.0. The Morgan fingerprint density at radius 2 is 1.90 bits per heavy atom. The Hall–Kier alpha value is -2.14. The van der Waals surface area contributed by atoms with E-state index in [1.807, 2.05) is 32.0 Å². The molecule has 1 aromatic carbocycles. The van der Waals surface area contributed by atoms with E-state index >= 15 is 0 Å². The van der Waals surface area contributed by atoms with E-state index in [0.717, 1.165) is 5.39 Å². The van der Waals surface area contributed by atoms with Crippen LogP contribution in [0.25, 0.3) is 10.9 Å². The summed E-state index contributed by atoms with van der Waals surface area (Å²) in [7, 11) is 0. The molecule has 1 N–H and O–H groups in total. The quantitative estimate of drug-likeness (QED) is 0.869. The first-order valence-corrected chi connectivity index (χ1v) is 7.11. The first kappa shape index (κ1) is 13.8. The van der Waals surface area contributed by atoms with E-state index in [-0.39, 0.29) is 23.7 Å². The van der Waals surface area contributed by atoms with Crippen molar-refractivity contribution in [2.75, 3.05) is 13.1 Å². The highest BCUT2D eigenvalue weighted by Crippen LogP contribution is 2.19. The number of benzene rings is 1.